The largest absolute Gasteiger partial charge is 0.431 e. The molecule has 0 radical (unpaired) electrons. The van der Waals surface area contributed by atoms with Crippen LogP contribution in [0.15, 0.2) is 22.7 Å². The number of carbonyl (C=O) groups excluding carboxylic acids is 3. The van der Waals surface area contributed by atoms with Gasteiger partial charge in [-0.15, -0.1) is 0 Å². The Balaban J connectivity index is 1.76. The lowest BCUT2D eigenvalue weighted by Crippen LogP contribution is -2.50. The lowest BCUT2D eigenvalue weighted by atomic mass is 9.47. The number of rotatable bonds is 3. The molecule has 0 bridgehead atoms. The number of ketones is 1. The average molecular weight is 415 g/mol. The van der Waals surface area contributed by atoms with E-state index in [9.17, 15) is 14.4 Å². The molecule has 0 saturated heterocycles. The number of carbonyl (C=O) groups is 3. The van der Waals surface area contributed by atoms with Gasteiger partial charge in [0, 0.05) is 37.7 Å². The summed E-state index contributed by atoms with van der Waals surface area (Å²) in [5.74, 6) is 1.87. The maximum Gasteiger partial charge on any atom is 0.307 e. The summed E-state index contributed by atoms with van der Waals surface area (Å²) in [4.78, 5) is 36.3. The third kappa shape index (κ3) is 3.16. The van der Waals surface area contributed by atoms with Crippen LogP contribution in [0.1, 0.15) is 86.0 Å². The zero-order chi connectivity index (χ0) is 21.8. The molecule has 0 N–H and O–H groups in total. The van der Waals surface area contributed by atoms with Crippen LogP contribution in [0.5, 0.6) is 0 Å². The Morgan fingerprint density at radius 3 is 2.13 bits per heavy atom. The Bertz CT molecular complexity index is 865. The van der Waals surface area contributed by atoms with Crippen molar-refractivity contribution in [2.45, 2.75) is 86.0 Å². The molecule has 0 heterocycles. The zero-order valence-corrected chi connectivity index (χ0v) is 18.9. The van der Waals surface area contributed by atoms with E-state index in [1.54, 1.807) is 6.92 Å². The van der Waals surface area contributed by atoms with Crippen LogP contribution >= 0.6 is 0 Å². The van der Waals surface area contributed by atoms with Gasteiger partial charge in [0.05, 0.1) is 0 Å². The first kappa shape index (κ1) is 21.3. The fourth-order valence-corrected chi connectivity index (χ4v) is 7.57. The minimum atomic E-state index is -0.367. The molecule has 164 valence electrons. The van der Waals surface area contributed by atoms with E-state index in [0.717, 1.165) is 44.3 Å². The number of hydrogen-bond acceptors (Lipinski definition) is 5. The van der Waals surface area contributed by atoms with E-state index in [0.29, 0.717) is 29.6 Å². The first-order valence-corrected chi connectivity index (χ1v) is 11.4. The van der Waals surface area contributed by atoms with E-state index in [-0.39, 0.29) is 34.5 Å². The topological polar surface area (TPSA) is 69.7 Å². The molecule has 4 aliphatic carbocycles. The third-order valence-corrected chi connectivity index (χ3v) is 8.61. The van der Waals surface area contributed by atoms with E-state index in [1.807, 2.05) is 0 Å². The van der Waals surface area contributed by atoms with Crippen molar-refractivity contribution >= 4 is 17.7 Å². The van der Waals surface area contributed by atoms with Crippen LogP contribution in [0.2, 0.25) is 0 Å². The molecule has 0 aromatic heterocycles. The van der Waals surface area contributed by atoms with E-state index in [1.165, 1.54) is 25.8 Å². The highest BCUT2D eigenvalue weighted by atomic mass is 16.5. The average Bonchev–Trinajstić information content (AvgIpc) is 2.92. The minimum absolute atomic E-state index is 0.00540. The van der Waals surface area contributed by atoms with Crippen LogP contribution in [0, 0.1) is 28.6 Å². The molecule has 0 aromatic carbocycles. The maximum absolute atomic E-state index is 12.6. The Kier molecular flexibility index (Phi) is 5.22. The summed E-state index contributed by atoms with van der Waals surface area (Å²) < 4.78 is 11.4. The van der Waals surface area contributed by atoms with Crippen LogP contribution in [0.3, 0.4) is 0 Å². The van der Waals surface area contributed by atoms with Crippen molar-refractivity contribution in [1.82, 2.24) is 0 Å². The molecule has 0 aromatic rings. The standard InChI is InChI=1S/C25H34O5/c1-14(26)23-22(30-16(3)28)13-20-17-12-21(29-15(2)27)19-8-6-7-10-24(19,4)18(17)9-11-25(20,23)5/h17-18,20H,6-13H2,1-5H3/t17-,18+,20+,24-,25+/m1/s1. The molecule has 5 nitrogen and oxygen atoms in total. The molecule has 2 saturated carbocycles. The minimum Gasteiger partial charge on any atom is -0.431 e. The monoisotopic (exact) mass is 414 g/mol. The molecule has 4 aliphatic rings. The van der Waals surface area contributed by atoms with Gasteiger partial charge in [0.1, 0.15) is 11.5 Å². The molecule has 30 heavy (non-hydrogen) atoms. The van der Waals surface area contributed by atoms with Crippen molar-refractivity contribution in [1.29, 1.82) is 0 Å². The highest BCUT2D eigenvalue weighted by molar-refractivity contribution is 5.96. The fourth-order valence-electron chi connectivity index (χ4n) is 7.57. The normalized spacial score (nSPS) is 37.8. The number of hydrogen-bond donors (Lipinski definition) is 0. The molecule has 5 heteroatoms. The summed E-state index contributed by atoms with van der Waals surface area (Å²) in [6.07, 6.45) is 7.84. The van der Waals surface area contributed by atoms with Crippen LogP contribution in [0.25, 0.3) is 0 Å². The molecule has 5 atom stereocenters. The predicted molar refractivity (Wildman–Crippen MR) is 112 cm³/mol. The van der Waals surface area contributed by atoms with Gasteiger partial charge in [-0.1, -0.05) is 20.3 Å². The van der Waals surface area contributed by atoms with Gasteiger partial charge in [0.2, 0.25) is 0 Å². The zero-order valence-electron chi connectivity index (χ0n) is 18.9. The number of allylic oxidation sites excluding steroid dienone is 4. The number of esters is 2. The van der Waals surface area contributed by atoms with Gasteiger partial charge in [-0.25, -0.2) is 0 Å². The summed E-state index contributed by atoms with van der Waals surface area (Å²) in [7, 11) is 0. The van der Waals surface area contributed by atoms with Gasteiger partial charge in [0.25, 0.3) is 0 Å². The summed E-state index contributed by atoms with van der Waals surface area (Å²) in [5.41, 5.74) is 1.82. The Morgan fingerprint density at radius 2 is 1.50 bits per heavy atom. The molecular formula is C25H34O5. The van der Waals surface area contributed by atoms with Crippen molar-refractivity contribution in [2.24, 2.45) is 28.6 Å². The second-order valence-corrected chi connectivity index (χ2v) is 10.3. The predicted octanol–water partition coefficient (Wildman–Crippen LogP) is 5.25. The smallest absolute Gasteiger partial charge is 0.307 e. The fraction of sp³-hybridized carbons (Fsp3) is 0.720. The van der Waals surface area contributed by atoms with Crippen LogP contribution in [0.4, 0.5) is 0 Å². The molecule has 0 unspecified atom stereocenters. The van der Waals surface area contributed by atoms with E-state index in [4.69, 9.17) is 9.47 Å². The van der Waals surface area contributed by atoms with Gasteiger partial charge in [-0.05, 0) is 67.8 Å². The Hall–Kier alpha value is -1.91. The second-order valence-electron chi connectivity index (χ2n) is 10.3. The quantitative estimate of drug-likeness (QED) is 0.590. The molecule has 0 aliphatic heterocycles. The number of Topliss-reactive ketones (excluding diaryl/α,β-unsaturated/α-hetero) is 1. The second kappa shape index (κ2) is 7.35. The van der Waals surface area contributed by atoms with Gasteiger partial charge >= 0.3 is 11.9 Å². The van der Waals surface area contributed by atoms with Crippen molar-refractivity contribution in [2.75, 3.05) is 0 Å². The van der Waals surface area contributed by atoms with Crippen molar-refractivity contribution < 1.29 is 23.9 Å². The number of fused-ring (bicyclic) bond motifs is 5. The lowest BCUT2D eigenvalue weighted by molar-refractivity contribution is -0.139. The van der Waals surface area contributed by atoms with Gasteiger partial charge in [0.15, 0.2) is 5.78 Å². The highest BCUT2D eigenvalue weighted by Crippen LogP contribution is 2.67. The third-order valence-electron chi connectivity index (χ3n) is 8.61. The van der Waals surface area contributed by atoms with Crippen LogP contribution in [-0.2, 0) is 23.9 Å². The van der Waals surface area contributed by atoms with Crippen LogP contribution in [-0.4, -0.2) is 17.7 Å². The summed E-state index contributed by atoms with van der Waals surface area (Å²) >= 11 is 0. The van der Waals surface area contributed by atoms with E-state index < -0.39 is 0 Å². The van der Waals surface area contributed by atoms with Crippen molar-refractivity contribution in [3.8, 4) is 0 Å². The Labute approximate surface area is 179 Å². The molecular weight excluding hydrogens is 380 g/mol. The summed E-state index contributed by atoms with van der Waals surface area (Å²) in [6, 6.07) is 0. The van der Waals surface area contributed by atoms with Gasteiger partial charge < -0.3 is 9.47 Å². The Morgan fingerprint density at radius 1 is 0.833 bits per heavy atom. The number of ether oxygens (including phenoxy) is 2. The lowest BCUT2D eigenvalue weighted by Gasteiger charge is -2.57. The summed E-state index contributed by atoms with van der Waals surface area (Å²) in [5, 5.41) is 0. The van der Waals surface area contributed by atoms with Gasteiger partial charge in [-0.2, -0.15) is 0 Å². The van der Waals surface area contributed by atoms with E-state index in [2.05, 4.69) is 13.8 Å². The van der Waals surface area contributed by atoms with Crippen LogP contribution < -0.4 is 0 Å². The molecule has 0 spiro atoms. The van der Waals surface area contributed by atoms with Gasteiger partial charge in [-0.3, -0.25) is 14.4 Å². The first-order valence-electron chi connectivity index (χ1n) is 11.4. The maximum atomic E-state index is 12.6. The first-order chi connectivity index (χ1) is 14.1. The van der Waals surface area contributed by atoms with Crippen molar-refractivity contribution in [3.63, 3.8) is 0 Å². The summed E-state index contributed by atoms with van der Waals surface area (Å²) in [6.45, 7) is 9.01. The van der Waals surface area contributed by atoms with Crippen molar-refractivity contribution in [3.05, 3.63) is 22.7 Å². The van der Waals surface area contributed by atoms with E-state index >= 15 is 0 Å². The molecule has 2 fully saturated rings. The molecule has 0 amide bonds. The molecule has 4 rings (SSSR count). The highest BCUT2D eigenvalue weighted by Gasteiger charge is 2.60. The SMILES string of the molecule is CC(=O)OC1=C2CCCC[C@]2(C)[C@H]2CC[C@]3(C)C(C(C)=O)=C(OC(C)=O)C[C@H]3[C@@H]2C1.